The lowest BCUT2D eigenvalue weighted by Crippen LogP contribution is -2.17. The lowest BCUT2D eigenvalue weighted by molar-refractivity contribution is -0.139. The summed E-state index contributed by atoms with van der Waals surface area (Å²) in [5, 5.41) is 10.6. The molecule has 1 N–H and O–H groups in total. The molecule has 110 valence electrons. The van der Waals surface area contributed by atoms with Crippen LogP contribution in [-0.2, 0) is 11.2 Å². The number of fused-ring (bicyclic) bond motifs is 1. The van der Waals surface area contributed by atoms with Crippen molar-refractivity contribution in [2.45, 2.75) is 70.1 Å². The van der Waals surface area contributed by atoms with Crippen LogP contribution in [-0.4, -0.2) is 16.1 Å². The molecular weight excluding hydrogens is 270 g/mol. The van der Waals surface area contributed by atoms with Crippen LogP contribution in [0.25, 0.3) is 0 Å². The fourth-order valence-corrected chi connectivity index (χ4v) is 5.05. The molecule has 1 aromatic rings. The van der Waals surface area contributed by atoms with Gasteiger partial charge in [0.25, 0.3) is 0 Å². The van der Waals surface area contributed by atoms with Crippen LogP contribution in [0.2, 0.25) is 0 Å². The van der Waals surface area contributed by atoms with E-state index in [-0.39, 0.29) is 5.92 Å². The van der Waals surface area contributed by atoms with Gasteiger partial charge < -0.3 is 5.11 Å². The summed E-state index contributed by atoms with van der Waals surface area (Å²) in [5.74, 6) is 0.371. The summed E-state index contributed by atoms with van der Waals surface area (Å²) < 4.78 is 0. The summed E-state index contributed by atoms with van der Waals surface area (Å²) >= 11 is 1.80. The standard InChI is InChI=1S/C16H23NO2S/c1-2-10-5-3-6-11(9-10)15-17-14-12(16(18)19)7-4-8-13(14)20-15/h10-12H,2-9H2,1H3,(H,18,19). The molecule has 0 aromatic carbocycles. The van der Waals surface area contributed by atoms with Gasteiger partial charge in [0.1, 0.15) is 0 Å². The molecule has 1 fully saturated rings. The molecule has 0 aliphatic heterocycles. The molecule has 0 saturated heterocycles. The minimum absolute atomic E-state index is 0.352. The Bertz CT molecular complexity index is 497. The first-order valence-corrected chi connectivity index (χ1v) is 8.73. The third-order valence-corrected chi connectivity index (χ3v) is 6.27. The normalized spacial score (nSPS) is 29.9. The van der Waals surface area contributed by atoms with Gasteiger partial charge in [-0.25, -0.2) is 4.98 Å². The number of aryl methyl sites for hydroxylation is 1. The summed E-state index contributed by atoms with van der Waals surface area (Å²) in [5.41, 5.74) is 0.891. The average molecular weight is 293 g/mol. The van der Waals surface area contributed by atoms with Crippen LogP contribution in [0.15, 0.2) is 0 Å². The molecule has 1 heterocycles. The first kappa shape index (κ1) is 14.1. The Hall–Kier alpha value is -0.900. The maximum atomic E-state index is 11.4. The summed E-state index contributed by atoms with van der Waals surface area (Å²) in [6, 6.07) is 0. The van der Waals surface area contributed by atoms with E-state index in [2.05, 4.69) is 6.92 Å². The van der Waals surface area contributed by atoms with Gasteiger partial charge in [-0.3, -0.25) is 4.79 Å². The molecule has 1 saturated carbocycles. The van der Waals surface area contributed by atoms with E-state index in [4.69, 9.17) is 4.98 Å². The maximum Gasteiger partial charge on any atom is 0.312 e. The Morgan fingerprint density at radius 3 is 2.95 bits per heavy atom. The Kier molecular flexibility index (Phi) is 4.11. The highest BCUT2D eigenvalue weighted by Crippen LogP contribution is 2.42. The van der Waals surface area contributed by atoms with Crippen molar-refractivity contribution >= 4 is 17.3 Å². The molecule has 0 spiro atoms. The minimum Gasteiger partial charge on any atom is -0.481 e. The molecule has 0 radical (unpaired) electrons. The highest BCUT2D eigenvalue weighted by molar-refractivity contribution is 7.11. The molecule has 3 atom stereocenters. The number of rotatable bonds is 3. The van der Waals surface area contributed by atoms with Crippen LogP contribution in [0.1, 0.15) is 79.3 Å². The van der Waals surface area contributed by atoms with Crippen LogP contribution in [0.3, 0.4) is 0 Å². The predicted molar refractivity (Wildman–Crippen MR) is 80.4 cm³/mol. The van der Waals surface area contributed by atoms with E-state index in [0.717, 1.165) is 30.9 Å². The Morgan fingerprint density at radius 2 is 2.20 bits per heavy atom. The van der Waals surface area contributed by atoms with E-state index < -0.39 is 5.97 Å². The zero-order chi connectivity index (χ0) is 14.1. The molecule has 3 unspecified atom stereocenters. The average Bonchev–Trinajstić information content (AvgIpc) is 2.91. The number of hydrogen-bond donors (Lipinski definition) is 1. The topological polar surface area (TPSA) is 50.2 Å². The lowest BCUT2D eigenvalue weighted by Gasteiger charge is -2.26. The molecule has 1 aromatic heterocycles. The van der Waals surface area contributed by atoms with Gasteiger partial charge in [0.15, 0.2) is 0 Å². The summed E-state index contributed by atoms with van der Waals surface area (Å²) in [6.07, 6.45) is 9.19. The molecule has 4 heteroatoms. The van der Waals surface area contributed by atoms with Gasteiger partial charge in [0.2, 0.25) is 0 Å². The van der Waals surface area contributed by atoms with Crippen molar-refractivity contribution in [1.29, 1.82) is 0 Å². The summed E-state index contributed by atoms with van der Waals surface area (Å²) in [4.78, 5) is 17.4. The van der Waals surface area contributed by atoms with Gasteiger partial charge in [0, 0.05) is 10.8 Å². The molecule has 20 heavy (non-hydrogen) atoms. The monoisotopic (exact) mass is 293 g/mol. The van der Waals surface area contributed by atoms with Crippen molar-refractivity contribution in [2.75, 3.05) is 0 Å². The van der Waals surface area contributed by atoms with E-state index in [9.17, 15) is 9.90 Å². The lowest BCUT2D eigenvalue weighted by atomic mass is 9.80. The van der Waals surface area contributed by atoms with Gasteiger partial charge >= 0.3 is 5.97 Å². The van der Waals surface area contributed by atoms with E-state index in [1.165, 1.54) is 42.0 Å². The molecule has 3 nitrogen and oxygen atoms in total. The number of hydrogen-bond acceptors (Lipinski definition) is 3. The molecular formula is C16H23NO2S. The van der Waals surface area contributed by atoms with Crippen molar-refractivity contribution in [3.05, 3.63) is 15.6 Å². The quantitative estimate of drug-likeness (QED) is 0.902. The van der Waals surface area contributed by atoms with Crippen LogP contribution in [0, 0.1) is 5.92 Å². The third-order valence-electron chi connectivity index (χ3n) is 4.98. The first-order valence-electron chi connectivity index (χ1n) is 7.91. The third kappa shape index (κ3) is 2.62. The number of aromatic nitrogens is 1. The zero-order valence-electron chi connectivity index (χ0n) is 12.1. The van der Waals surface area contributed by atoms with E-state index >= 15 is 0 Å². The number of aliphatic carboxylic acids is 1. The van der Waals surface area contributed by atoms with Gasteiger partial charge in [-0.2, -0.15) is 0 Å². The molecule has 2 aliphatic carbocycles. The second-order valence-corrected chi connectivity index (χ2v) is 7.40. The Morgan fingerprint density at radius 1 is 1.35 bits per heavy atom. The van der Waals surface area contributed by atoms with Gasteiger partial charge in [-0.15, -0.1) is 11.3 Å². The summed E-state index contributed by atoms with van der Waals surface area (Å²) in [7, 11) is 0. The second kappa shape index (κ2) is 5.84. The maximum absolute atomic E-state index is 11.4. The fourth-order valence-electron chi connectivity index (χ4n) is 3.74. The van der Waals surface area contributed by atoms with Crippen molar-refractivity contribution in [2.24, 2.45) is 5.92 Å². The second-order valence-electron chi connectivity index (χ2n) is 6.28. The SMILES string of the molecule is CCC1CCCC(c2nc3c(s2)CCCC3C(=O)O)C1. The number of carboxylic acids is 1. The largest absolute Gasteiger partial charge is 0.481 e. The zero-order valence-corrected chi connectivity index (χ0v) is 12.9. The fraction of sp³-hybridized carbons (Fsp3) is 0.750. The number of carbonyl (C=O) groups is 1. The van der Waals surface area contributed by atoms with Crippen molar-refractivity contribution < 1.29 is 9.90 Å². The van der Waals surface area contributed by atoms with E-state index in [1.807, 2.05) is 0 Å². The van der Waals surface area contributed by atoms with Crippen LogP contribution in [0.5, 0.6) is 0 Å². The Balaban J connectivity index is 1.83. The van der Waals surface area contributed by atoms with E-state index in [0.29, 0.717) is 5.92 Å². The van der Waals surface area contributed by atoms with Crippen molar-refractivity contribution in [3.63, 3.8) is 0 Å². The highest BCUT2D eigenvalue weighted by atomic mass is 32.1. The van der Waals surface area contributed by atoms with Gasteiger partial charge in [0.05, 0.1) is 16.6 Å². The minimum atomic E-state index is -0.696. The molecule has 3 rings (SSSR count). The van der Waals surface area contributed by atoms with Crippen LogP contribution in [0.4, 0.5) is 0 Å². The molecule has 2 aliphatic rings. The highest BCUT2D eigenvalue weighted by Gasteiger charge is 2.32. The Labute approximate surface area is 124 Å². The van der Waals surface area contributed by atoms with Crippen LogP contribution >= 0.6 is 11.3 Å². The first-order chi connectivity index (χ1) is 9.69. The smallest absolute Gasteiger partial charge is 0.312 e. The molecule has 0 amide bonds. The van der Waals surface area contributed by atoms with Gasteiger partial charge in [-0.05, 0) is 38.0 Å². The van der Waals surface area contributed by atoms with Crippen molar-refractivity contribution in [1.82, 2.24) is 4.98 Å². The molecule has 0 bridgehead atoms. The predicted octanol–water partition coefficient (Wildman–Crippen LogP) is 4.33. The summed E-state index contributed by atoms with van der Waals surface area (Å²) in [6.45, 7) is 2.28. The number of thiazole rings is 1. The van der Waals surface area contributed by atoms with Crippen LogP contribution < -0.4 is 0 Å². The van der Waals surface area contributed by atoms with Crippen molar-refractivity contribution in [3.8, 4) is 0 Å². The van der Waals surface area contributed by atoms with Gasteiger partial charge in [-0.1, -0.05) is 26.2 Å². The number of nitrogens with zero attached hydrogens (tertiary/aromatic N) is 1. The van der Waals surface area contributed by atoms with E-state index in [1.54, 1.807) is 11.3 Å². The number of carboxylic acid groups (broad SMARTS) is 1.